The molecule has 6 heteroatoms. The Bertz CT molecular complexity index is 1020. The molecule has 0 saturated carbocycles. The van der Waals surface area contributed by atoms with Crippen LogP contribution in [0.2, 0.25) is 10.0 Å². The number of halogens is 2. The summed E-state index contributed by atoms with van der Waals surface area (Å²) in [7, 11) is 0. The number of rotatable bonds is 5. The smallest absolute Gasteiger partial charge is 0.343 e. The number of ketones is 1. The molecule has 1 unspecified atom stereocenters. The van der Waals surface area contributed by atoms with Crippen molar-refractivity contribution in [2.75, 3.05) is 0 Å². The van der Waals surface area contributed by atoms with E-state index in [4.69, 9.17) is 27.6 Å². The number of para-hydroxylation sites is 1. The molecule has 1 atom stereocenters. The quantitative estimate of drug-likeness (QED) is 0.614. The van der Waals surface area contributed by atoms with Crippen LogP contribution in [0.5, 0.6) is 5.75 Å². The number of hydrogen-bond donors (Lipinski definition) is 1. The predicted molar refractivity (Wildman–Crippen MR) is 102 cm³/mol. The number of carbonyl (C=O) groups is 1. The van der Waals surface area contributed by atoms with E-state index in [-0.39, 0.29) is 23.5 Å². The Labute approximate surface area is 160 Å². The highest BCUT2D eigenvalue weighted by molar-refractivity contribution is 6.34. The van der Waals surface area contributed by atoms with E-state index < -0.39 is 11.5 Å². The summed E-state index contributed by atoms with van der Waals surface area (Å²) in [6, 6.07) is 11.8. The van der Waals surface area contributed by atoms with E-state index in [1.807, 2.05) is 0 Å². The molecule has 0 radical (unpaired) electrons. The second-order valence-corrected chi connectivity index (χ2v) is 7.11. The van der Waals surface area contributed by atoms with E-state index in [1.165, 1.54) is 6.92 Å². The Hall–Kier alpha value is -2.30. The average Bonchev–Trinajstić information content (AvgIpc) is 2.53. The van der Waals surface area contributed by atoms with Crippen molar-refractivity contribution < 1.29 is 14.3 Å². The number of hydrogen-bond acceptors (Lipinski definition) is 4. The van der Waals surface area contributed by atoms with Crippen LogP contribution in [0.1, 0.15) is 30.4 Å². The largest absolute Gasteiger partial charge is 0.507 e. The van der Waals surface area contributed by atoms with Crippen molar-refractivity contribution >= 4 is 40.0 Å². The van der Waals surface area contributed by atoms with Gasteiger partial charge in [0.1, 0.15) is 17.1 Å². The zero-order valence-electron chi connectivity index (χ0n) is 14.0. The van der Waals surface area contributed by atoms with Gasteiger partial charge < -0.3 is 14.3 Å². The minimum atomic E-state index is -0.652. The Balaban J connectivity index is 2.12. The van der Waals surface area contributed by atoms with Gasteiger partial charge in [0.2, 0.25) is 0 Å². The topological polar surface area (TPSA) is 67.5 Å². The minimum absolute atomic E-state index is 0.0841. The number of aromatic hydroxyl groups is 1. The third-order valence-corrected chi connectivity index (χ3v) is 4.60. The summed E-state index contributed by atoms with van der Waals surface area (Å²) >= 11 is 12.1. The van der Waals surface area contributed by atoms with E-state index in [2.05, 4.69) is 0 Å². The highest BCUT2D eigenvalue weighted by atomic mass is 35.5. The van der Waals surface area contributed by atoms with E-state index >= 15 is 0 Å². The van der Waals surface area contributed by atoms with Gasteiger partial charge in [0.15, 0.2) is 0 Å². The molecule has 1 N–H and O–H groups in total. The van der Waals surface area contributed by atoms with Gasteiger partial charge in [-0.15, -0.1) is 0 Å². The van der Waals surface area contributed by atoms with Crippen LogP contribution in [0.4, 0.5) is 0 Å². The summed E-state index contributed by atoms with van der Waals surface area (Å²) in [5, 5.41) is 12.0. The fourth-order valence-electron chi connectivity index (χ4n) is 3.14. The van der Waals surface area contributed by atoms with E-state index in [9.17, 15) is 14.7 Å². The molecule has 0 saturated heterocycles. The first-order valence-electron chi connectivity index (χ1n) is 8.04. The predicted octanol–water partition coefficient (Wildman–Crippen LogP) is 5.11. The fraction of sp³-hybridized carbons (Fsp3) is 0.200. The van der Waals surface area contributed by atoms with Crippen molar-refractivity contribution in [3.05, 3.63) is 74.1 Å². The second kappa shape index (κ2) is 7.52. The van der Waals surface area contributed by atoms with Gasteiger partial charge in [-0.05, 0) is 49.2 Å². The van der Waals surface area contributed by atoms with Crippen LogP contribution < -0.4 is 5.63 Å². The third kappa shape index (κ3) is 3.92. The first kappa shape index (κ1) is 18.5. The molecule has 0 aliphatic rings. The van der Waals surface area contributed by atoms with Crippen LogP contribution >= 0.6 is 23.2 Å². The van der Waals surface area contributed by atoms with Gasteiger partial charge in [-0.3, -0.25) is 0 Å². The summed E-state index contributed by atoms with van der Waals surface area (Å²) in [6.45, 7) is 1.44. The van der Waals surface area contributed by atoms with Gasteiger partial charge in [0, 0.05) is 22.4 Å². The minimum Gasteiger partial charge on any atom is -0.507 e. The molecule has 0 amide bonds. The Morgan fingerprint density at radius 2 is 1.81 bits per heavy atom. The normalized spacial score (nSPS) is 12.3. The van der Waals surface area contributed by atoms with Crippen molar-refractivity contribution in [2.24, 2.45) is 0 Å². The van der Waals surface area contributed by atoms with Gasteiger partial charge in [0.05, 0.1) is 10.9 Å². The van der Waals surface area contributed by atoms with Gasteiger partial charge in [-0.1, -0.05) is 35.3 Å². The van der Waals surface area contributed by atoms with Gasteiger partial charge in [0.25, 0.3) is 0 Å². The summed E-state index contributed by atoms with van der Waals surface area (Å²) in [5.41, 5.74) is 0.502. The van der Waals surface area contributed by atoms with Crippen molar-refractivity contribution in [3.8, 4) is 5.75 Å². The molecule has 0 bridgehead atoms. The summed E-state index contributed by atoms with van der Waals surface area (Å²) in [6.07, 6.45) is 0.400. The fourth-order valence-corrected chi connectivity index (χ4v) is 3.72. The van der Waals surface area contributed by atoms with Crippen LogP contribution in [0.25, 0.3) is 11.0 Å². The zero-order chi connectivity index (χ0) is 18.8. The molecule has 3 rings (SSSR count). The number of carbonyl (C=O) groups excluding carboxylic acids is 1. The highest BCUT2D eigenvalue weighted by Crippen LogP contribution is 2.35. The number of fused-ring (bicyclic) bond motifs is 1. The molecule has 0 spiro atoms. The molecule has 1 aromatic heterocycles. The molecule has 1 heterocycles. The van der Waals surface area contributed by atoms with E-state index in [1.54, 1.807) is 42.5 Å². The van der Waals surface area contributed by atoms with Crippen molar-refractivity contribution in [2.45, 2.75) is 25.7 Å². The van der Waals surface area contributed by atoms with Gasteiger partial charge in [-0.25, -0.2) is 4.79 Å². The molecule has 0 aliphatic heterocycles. The molecule has 2 aromatic carbocycles. The summed E-state index contributed by atoms with van der Waals surface area (Å²) < 4.78 is 5.34. The zero-order valence-corrected chi connectivity index (χ0v) is 15.5. The molecular formula is C20H16Cl2O4. The van der Waals surface area contributed by atoms with Crippen LogP contribution in [-0.2, 0) is 11.2 Å². The highest BCUT2D eigenvalue weighted by Gasteiger charge is 2.25. The molecule has 4 nitrogen and oxygen atoms in total. The molecule has 0 aliphatic carbocycles. The maximum atomic E-state index is 12.5. The van der Waals surface area contributed by atoms with Crippen LogP contribution in [0, 0.1) is 0 Å². The number of Topliss-reactive ketones (excluding diaryl/α,β-unsaturated/α-hetero) is 1. The lowest BCUT2D eigenvalue weighted by Crippen LogP contribution is -2.17. The molecular weight excluding hydrogens is 375 g/mol. The van der Waals surface area contributed by atoms with Crippen molar-refractivity contribution in [1.29, 1.82) is 0 Å². The summed E-state index contributed by atoms with van der Waals surface area (Å²) in [4.78, 5) is 24.3. The first-order chi connectivity index (χ1) is 12.3. The van der Waals surface area contributed by atoms with E-state index in [0.29, 0.717) is 27.4 Å². The van der Waals surface area contributed by atoms with Crippen LogP contribution in [-0.4, -0.2) is 10.9 Å². The maximum absolute atomic E-state index is 12.5. The lowest BCUT2D eigenvalue weighted by molar-refractivity contribution is -0.117. The van der Waals surface area contributed by atoms with Crippen LogP contribution in [0.3, 0.4) is 0 Å². The Kier molecular flexibility index (Phi) is 5.35. The summed E-state index contributed by atoms with van der Waals surface area (Å²) in [5.74, 6) is -0.811. The molecule has 0 fully saturated rings. The standard InChI is InChI=1S/C20H16Cl2O4/c1-11(23)6-13(7-12-8-14(21)10-15(22)9-12)18-19(24)16-4-2-3-5-17(16)26-20(18)25/h2-5,8-10,13,24H,6-7H2,1H3. The second-order valence-electron chi connectivity index (χ2n) is 6.23. The van der Waals surface area contributed by atoms with Gasteiger partial charge >= 0.3 is 5.63 Å². The molecule has 26 heavy (non-hydrogen) atoms. The molecule has 3 aromatic rings. The Morgan fingerprint density at radius 1 is 1.15 bits per heavy atom. The van der Waals surface area contributed by atoms with Gasteiger partial charge in [-0.2, -0.15) is 0 Å². The van der Waals surface area contributed by atoms with E-state index in [0.717, 1.165) is 5.56 Å². The van der Waals surface area contributed by atoms with Crippen molar-refractivity contribution in [1.82, 2.24) is 0 Å². The average molecular weight is 391 g/mol. The lowest BCUT2D eigenvalue weighted by Gasteiger charge is -2.17. The number of benzene rings is 2. The third-order valence-electron chi connectivity index (χ3n) is 4.17. The monoisotopic (exact) mass is 390 g/mol. The molecule has 134 valence electrons. The lowest BCUT2D eigenvalue weighted by atomic mass is 9.88. The maximum Gasteiger partial charge on any atom is 0.343 e. The first-order valence-corrected chi connectivity index (χ1v) is 8.80. The SMILES string of the molecule is CC(=O)CC(Cc1cc(Cl)cc(Cl)c1)c1c(O)c2ccccc2oc1=O. The Morgan fingerprint density at radius 3 is 2.46 bits per heavy atom. The van der Waals surface area contributed by atoms with Crippen molar-refractivity contribution in [3.63, 3.8) is 0 Å². The van der Waals surface area contributed by atoms with Crippen LogP contribution in [0.15, 0.2) is 51.7 Å².